The summed E-state index contributed by atoms with van der Waals surface area (Å²) in [5.74, 6) is 0.539. The number of carbonyl (C=O) groups excluding carboxylic acids is 2. The Morgan fingerprint density at radius 1 is 0.848 bits per heavy atom. The fraction of sp³-hybridized carbons (Fsp3) is 0.231. The summed E-state index contributed by atoms with van der Waals surface area (Å²) in [6.07, 6.45) is 0. The quantitative estimate of drug-likeness (QED) is 0.555. The second-order valence-corrected chi connectivity index (χ2v) is 7.85. The average Bonchev–Trinajstić information content (AvgIpc) is 2.85. The van der Waals surface area contributed by atoms with Gasteiger partial charge in [0.25, 0.3) is 5.91 Å². The Morgan fingerprint density at radius 3 is 2.03 bits per heavy atom. The standard InChI is InChI=1S/C26H27N3O4/c27-25(30)19-5-9-23(10-6-19)33-24-11-7-20(8-12-24)26(31)28-17-21-3-1-2-4-22(21)18-29-13-15-32-16-14-29/h1-12H,13-18H2,(H2,27,30)(H,28,31). The maximum Gasteiger partial charge on any atom is 0.251 e. The Kier molecular flexibility index (Phi) is 7.34. The van der Waals surface area contributed by atoms with Crippen molar-refractivity contribution in [3.8, 4) is 11.5 Å². The molecule has 7 nitrogen and oxygen atoms in total. The van der Waals surface area contributed by atoms with Gasteiger partial charge in [0.15, 0.2) is 0 Å². The van der Waals surface area contributed by atoms with Crippen molar-refractivity contribution < 1.29 is 19.1 Å². The first-order valence-corrected chi connectivity index (χ1v) is 10.9. The third kappa shape index (κ3) is 6.19. The first-order chi connectivity index (χ1) is 16.1. The normalized spacial score (nSPS) is 13.9. The lowest BCUT2D eigenvalue weighted by atomic mass is 10.1. The monoisotopic (exact) mass is 445 g/mol. The molecule has 0 saturated carbocycles. The zero-order chi connectivity index (χ0) is 23.0. The van der Waals surface area contributed by atoms with E-state index < -0.39 is 5.91 Å². The van der Waals surface area contributed by atoms with Gasteiger partial charge in [-0.3, -0.25) is 14.5 Å². The molecule has 0 aromatic heterocycles. The number of hydrogen-bond acceptors (Lipinski definition) is 5. The Hall–Kier alpha value is -3.68. The minimum atomic E-state index is -0.486. The third-order valence-electron chi connectivity index (χ3n) is 5.55. The molecule has 1 heterocycles. The summed E-state index contributed by atoms with van der Waals surface area (Å²) in [6.45, 7) is 4.68. The van der Waals surface area contributed by atoms with Gasteiger partial charge in [0.1, 0.15) is 11.5 Å². The predicted molar refractivity (Wildman–Crippen MR) is 125 cm³/mol. The van der Waals surface area contributed by atoms with Gasteiger partial charge in [0, 0.05) is 37.3 Å². The molecule has 0 radical (unpaired) electrons. The minimum Gasteiger partial charge on any atom is -0.457 e. The number of morpholine rings is 1. The molecular weight excluding hydrogens is 418 g/mol. The van der Waals surface area contributed by atoms with Gasteiger partial charge in [-0.1, -0.05) is 24.3 Å². The van der Waals surface area contributed by atoms with Crippen LogP contribution in [0.4, 0.5) is 0 Å². The first-order valence-electron chi connectivity index (χ1n) is 10.9. The highest BCUT2D eigenvalue weighted by Crippen LogP contribution is 2.22. The zero-order valence-electron chi connectivity index (χ0n) is 18.3. The first kappa shape index (κ1) is 22.5. The summed E-state index contributed by atoms with van der Waals surface area (Å²) in [4.78, 5) is 26.2. The van der Waals surface area contributed by atoms with Gasteiger partial charge in [-0.2, -0.15) is 0 Å². The van der Waals surface area contributed by atoms with E-state index >= 15 is 0 Å². The number of nitrogens with two attached hydrogens (primary N) is 1. The number of benzene rings is 3. The van der Waals surface area contributed by atoms with E-state index in [1.807, 2.05) is 12.1 Å². The largest absolute Gasteiger partial charge is 0.457 e. The van der Waals surface area contributed by atoms with Crippen LogP contribution in [-0.2, 0) is 17.8 Å². The van der Waals surface area contributed by atoms with E-state index in [0.29, 0.717) is 29.2 Å². The molecule has 4 rings (SSSR count). The number of nitrogens with one attached hydrogen (secondary N) is 1. The smallest absolute Gasteiger partial charge is 0.251 e. The van der Waals surface area contributed by atoms with E-state index in [1.54, 1.807) is 48.5 Å². The Balaban J connectivity index is 1.33. The van der Waals surface area contributed by atoms with E-state index in [0.717, 1.165) is 38.4 Å². The van der Waals surface area contributed by atoms with Crippen LogP contribution in [0.2, 0.25) is 0 Å². The van der Waals surface area contributed by atoms with Crippen molar-refractivity contribution in [2.45, 2.75) is 13.1 Å². The molecule has 0 spiro atoms. The van der Waals surface area contributed by atoms with Crippen LogP contribution < -0.4 is 15.8 Å². The van der Waals surface area contributed by atoms with Crippen LogP contribution in [0, 0.1) is 0 Å². The molecule has 1 fully saturated rings. The summed E-state index contributed by atoms with van der Waals surface area (Å²) in [5, 5.41) is 3.01. The summed E-state index contributed by atoms with van der Waals surface area (Å²) >= 11 is 0. The molecule has 170 valence electrons. The highest BCUT2D eigenvalue weighted by Gasteiger charge is 2.13. The van der Waals surface area contributed by atoms with Gasteiger partial charge < -0.3 is 20.5 Å². The number of primary amides is 1. The molecule has 0 atom stereocenters. The lowest BCUT2D eigenvalue weighted by Crippen LogP contribution is -2.36. The molecule has 0 bridgehead atoms. The lowest BCUT2D eigenvalue weighted by Gasteiger charge is -2.27. The number of amides is 2. The molecule has 33 heavy (non-hydrogen) atoms. The van der Waals surface area contributed by atoms with Crippen LogP contribution in [0.5, 0.6) is 11.5 Å². The van der Waals surface area contributed by atoms with Gasteiger partial charge in [0.05, 0.1) is 13.2 Å². The van der Waals surface area contributed by atoms with E-state index in [4.69, 9.17) is 15.2 Å². The Bertz CT molecular complexity index is 1090. The van der Waals surface area contributed by atoms with Crippen molar-refractivity contribution >= 4 is 11.8 Å². The Labute approximate surface area is 193 Å². The third-order valence-corrected chi connectivity index (χ3v) is 5.55. The minimum absolute atomic E-state index is 0.145. The molecule has 3 aromatic rings. The number of ether oxygens (including phenoxy) is 2. The van der Waals surface area contributed by atoms with E-state index in [9.17, 15) is 9.59 Å². The maximum atomic E-state index is 12.7. The molecule has 1 aliphatic rings. The highest BCUT2D eigenvalue weighted by molar-refractivity contribution is 5.94. The predicted octanol–water partition coefficient (Wildman–Crippen LogP) is 3.34. The van der Waals surface area contributed by atoms with Crippen molar-refractivity contribution in [1.82, 2.24) is 10.2 Å². The van der Waals surface area contributed by atoms with Crippen LogP contribution in [0.25, 0.3) is 0 Å². The fourth-order valence-electron chi connectivity index (χ4n) is 3.66. The SMILES string of the molecule is NC(=O)c1ccc(Oc2ccc(C(=O)NCc3ccccc3CN3CCOCC3)cc2)cc1. The lowest BCUT2D eigenvalue weighted by molar-refractivity contribution is 0.0340. The van der Waals surface area contributed by atoms with Crippen LogP contribution in [0.15, 0.2) is 72.8 Å². The van der Waals surface area contributed by atoms with Crippen molar-refractivity contribution in [2.75, 3.05) is 26.3 Å². The Morgan fingerprint density at radius 2 is 1.42 bits per heavy atom. The summed E-state index contributed by atoms with van der Waals surface area (Å²) in [5.41, 5.74) is 8.54. The van der Waals surface area contributed by atoms with Crippen molar-refractivity contribution in [3.05, 3.63) is 95.1 Å². The van der Waals surface area contributed by atoms with E-state index in [-0.39, 0.29) is 5.91 Å². The molecule has 0 unspecified atom stereocenters. The second kappa shape index (κ2) is 10.8. The summed E-state index contributed by atoms with van der Waals surface area (Å²) < 4.78 is 11.2. The molecule has 2 amide bonds. The topological polar surface area (TPSA) is 93.9 Å². The zero-order valence-corrected chi connectivity index (χ0v) is 18.3. The van der Waals surface area contributed by atoms with Gasteiger partial charge in [-0.15, -0.1) is 0 Å². The van der Waals surface area contributed by atoms with Crippen molar-refractivity contribution in [2.24, 2.45) is 5.73 Å². The molecular formula is C26H27N3O4. The maximum absolute atomic E-state index is 12.7. The second-order valence-electron chi connectivity index (χ2n) is 7.85. The number of carbonyl (C=O) groups is 2. The molecule has 0 aliphatic carbocycles. The fourth-order valence-corrected chi connectivity index (χ4v) is 3.66. The van der Waals surface area contributed by atoms with Gasteiger partial charge in [-0.05, 0) is 59.7 Å². The van der Waals surface area contributed by atoms with Gasteiger partial charge >= 0.3 is 0 Å². The molecule has 3 aromatic carbocycles. The summed E-state index contributed by atoms with van der Waals surface area (Å²) in [6, 6.07) is 21.7. The van der Waals surface area contributed by atoms with Crippen LogP contribution in [-0.4, -0.2) is 43.0 Å². The van der Waals surface area contributed by atoms with Gasteiger partial charge in [-0.25, -0.2) is 0 Å². The number of nitrogens with zero attached hydrogens (tertiary/aromatic N) is 1. The highest BCUT2D eigenvalue weighted by atomic mass is 16.5. The van der Waals surface area contributed by atoms with Gasteiger partial charge in [0.2, 0.25) is 5.91 Å². The molecule has 1 aliphatic heterocycles. The average molecular weight is 446 g/mol. The van der Waals surface area contributed by atoms with E-state index in [1.165, 1.54) is 5.56 Å². The molecule has 1 saturated heterocycles. The van der Waals surface area contributed by atoms with Crippen LogP contribution in [0.3, 0.4) is 0 Å². The summed E-state index contributed by atoms with van der Waals surface area (Å²) in [7, 11) is 0. The molecule has 3 N–H and O–H groups in total. The molecule has 7 heteroatoms. The van der Waals surface area contributed by atoms with Crippen molar-refractivity contribution in [3.63, 3.8) is 0 Å². The van der Waals surface area contributed by atoms with Crippen LogP contribution >= 0.6 is 0 Å². The number of rotatable bonds is 8. The van der Waals surface area contributed by atoms with E-state index in [2.05, 4.69) is 22.3 Å². The van der Waals surface area contributed by atoms with Crippen LogP contribution in [0.1, 0.15) is 31.8 Å². The van der Waals surface area contributed by atoms with Crippen molar-refractivity contribution in [1.29, 1.82) is 0 Å². The number of hydrogen-bond donors (Lipinski definition) is 2.